The third-order valence-electron chi connectivity index (χ3n) is 2.40. The Morgan fingerprint density at radius 3 is 2.83 bits per heavy atom. The van der Waals surface area contributed by atoms with Crippen LogP contribution in [-0.2, 0) is 6.54 Å². The fourth-order valence-corrected chi connectivity index (χ4v) is 1.76. The molecule has 2 rings (SSSR count). The van der Waals surface area contributed by atoms with E-state index in [1.54, 1.807) is 35.3 Å². The van der Waals surface area contributed by atoms with Gasteiger partial charge in [-0.25, -0.2) is 0 Å². The molecule has 3 N–H and O–H groups in total. The van der Waals surface area contributed by atoms with Crippen molar-refractivity contribution in [2.45, 2.75) is 13.5 Å². The molecule has 0 amide bonds. The molecule has 0 unspecified atom stereocenters. The van der Waals surface area contributed by atoms with Gasteiger partial charge in [0, 0.05) is 18.2 Å². The van der Waals surface area contributed by atoms with E-state index in [9.17, 15) is 0 Å². The summed E-state index contributed by atoms with van der Waals surface area (Å²) >= 11 is 6.00. The molecule has 94 valence electrons. The van der Waals surface area contributed by atoms with Gasteiger partial charge in [0.1, 0.15) is 11.6 Å². The normalized spacial score (nSPS) is 10.3. The van der Waals surface area contributed by atoms with Crippen LogP contribution in [0.2, 0.25) is 5.02 Å². The Morgan fingerprint density at radius 1 is 1.50 bits per heavy atom. The van der Waals surface area contributed by atoms with E-state index in [4.69, 9.17) is 27.5 Å². The number of ether oxygens (including phenoxy) is 1. The Kier molecular flexibility index (Phi) is 3.53. The molecular weight excluding hydrogens is 252 g/mol. The maximum Gasteiger partial charge on any atom is 0.165 e. The Hall–Kier alpha value is -2.01. The minimum Gasteiger partial charge on any atom is -0.454 e. The van der Waals surface area contributed by atoms with Crippen molar-refractivity contribution in [3.63, 3.8) is 0 Å². The van der Waals surface area contributed by atoms with Crippen molar-refractivity contribution in [2.75, 3.05) is 0 Å². The molecular formula is C12H13ClN4O. The maximum absolute atomic E-state index is 7.34. The number of halogens is 1. The molecule has 0 atom stereocenters. The Morgan fingerprint density at radius 2 is 2.28 bits per heavy atom. The number of hydrogen-bond donors (Lipinski definition) is 2. The molecule has 1 aromatic carbocycles. The summed E-state index contributed by atoms with van der Waals surface area (Å²) in [4.78, 5) is 0. The average Bonchev–Trinajstić information content (AvgIpc) is 2.76. The molecule has 2 aromatic rings. The van der Waals surface area contributed by atoms with E-state index >= 15 is 0 Å². The zero-order chi connectivity index (χ0) is 13.1. The smallest absolute Gasteiger partial charge is 0.165 e. The summed E-state index contributed by atoms with van der Waals surface area (Å²) in [6, 6.07) is 5.00. The first kappa shape index (κ1) is 12.4. The first-order valence-electron chi connectivity index (χ1n) is 5.44. The van der Waals surface area contributed by atoms with Crippen LogP contribution in [0.25, 0.3) is 0 Å². The largest absolute Gasteiger partial charge is 0.454 e. The van der Waals surface area contributed by atoms with E-state index in [1.807, 2.05) is 6.92 Å². The van der Waals surface area contributed by atoms with Gasteiger partial charge >= 0.3 is 0 Å². The zero-order valence-corrected chi connectivity index (χ0v) is 10.6. The molecule has 0 radical (unpaired) electrons. The number of amidine groups is 1. The first-order valence-corrected chi connectivity index (χ1v) is 5.82. The van der Waals surface area contributed by atoms with Crippen molar-refractivity contribution in [2.24, 2.45) is 5.73 Å². The van der Waals surface area contributed by atoms with E-state index < -0.39 is 0 Å². The highest BCUT2D eigenvalue weighted by Gasteiger charge is 2.06. The highest BCUT2D eigenvalue weighted by atomic mass is 35.5. The molecule has 0 saturated heterocycles. The van der Waals surface area contributed by atoms with Gasteiger partial charge in [0.15, 0.2) is 5.75 Å². The van der Waals surface area contributed by atoms with Crippen LogP contribution >= 0.6 is 11.6 Å². The lowest BCUT2D eigenvalue weighted by Crippen LogP contribution is -2.11. The standard InChI is InChI=1S/C12H13ClN4O/c1-2-17-7-9(6-16-17)18-8-3-4-10(12(14)15)11(13)5-8/h3-7H,2H2,1H3,(H3,14,15). The molecule has 0 bridgehead atoms. The highest BCUT2D eigenvalue weighted by Crippen LogP contribution is 2.26. The monoisotopic (exact) mass is 264 g/mol. The van der Waals surface area contributed by atoms with Crippen LogP contribution in [0.5, 0.6) is 11.5 Å². The van der Waals surface area contributed by atoms with E-state index in [-0.39, 0.29) is 5.84 Å². The summed E-state index contributed by atoms with van der Waals surface area (Å²) in [6.07, 6.45) is 3.43. The Bertz CT molecular complexity index is 579. The molecule has 1 heterocycles. The molecule has 6 heteroatoms. The molecule has 0 spiro atoms. The number of nitrogens with two attached hydrogens (primary N) is 1. The Labute approximate surface area is 110 Å². The molecule has 0 fully saturated rings. The number of nitrogens with one attached hydrogen (secondary N) is 1. The lowest BCUT2D eigenvalue weighted by atomic mass is 10.2. The summed E-state index contributed by atoms with van der Waals surface area (Å²) in [5.74, 6) is 1.16. The zero-order valence-electron chi connectivity index (χ0n) is 9.85. The second-order valence-electron chi connectivity index (χ2n) is 3.69. The Balaban J connectivity index is 2.19. The molecule has 0 aliphatic carbocycles. The molecule has 1 aromatic heterocycles. The van der Waals surface area contributed by atoms with Crippen molar-refractivity contribution < 1.29 is 4.74 Å². The SMILES string of the molecule is CCn1cc(Oc2ccc(C(=N)N)c(Cl)c2)cn1. The maximum atomic E-state index is 7.34. The number of benzene rings is 1. The van der Waals surface area contributed by atoms with Crippen molar-refractivity contribution in [3.8, 4) is 11.5 Å². The van der Waals surface area contributed by atoms with Crippen molar-refractivity contribution in [3.05, 3.63) is 41.2 Å². The number of aromatic nitrogens is 2. The van der Waals surface area contributed by atoms with Crippen LogP contribution in [0.1, 0.15) is 12.5 Å². The predicted octanol–water partition coefficient (Wildman–Crippen LogP) is 2.63. The molecule has 18 heavy (non-hydrogen) atoms. The first-order chi connectivity index (χ1) is 8.60. The van der Waals surface area contributed by atoms with Gasteiger partial charge in [-0.1, -0.05) is 11.6 Å². The number of nitrogen functional groups attached to an aromatic ring is 1. The van der Waals surface area contributed by atoms with Crippen LogP contribution < -0.4 is 10.5 Å². The van der Waals surface area contributed by atoms with Crippen LogP contribution in [0.15, 0.2) is 30.6 Å². The number of rotatable bonds is 4. The van der Waals surface area contributed by atoms with Gasteiger partial charge < -0.3 is 10.5 Å². The topological polar surface area (TPSA) is 76.9 Å². The van der Waals surface area contributed by atoms with Crippen molar-refractivity contribution in [1.82, 2.24) is 9.78 Å². The lowest BCUT2D eigenvalue weighted by molar-refractivity contribution is 0.481. The quantitative estimate of drug-likeness (QED) is 0.658. The van der Waals surface area contributed by atoms with Crippen molar-refractivity contribution in [1.29, 1.82) is 5.41 Å². The average molecular weight is 265 g/mol. The fourth-order valence-electron chi connectivity index (χ4n) is 1.48. The van der Waals surface area contributed by atoms with E-state index in [0.717, 1.165) is 6.54 Å². The van der Waals surface area contributed by atoms with Gasteiger partial charge in [-0.15, -0.1) is 0 Å². The molecule has 0 aliphatic rings. The lowest BCUT2D eigenvalue weighted by Gasteiger charge is -2.06. The summed E-state index contributed by atoms with van der Waals surface area (Å²) in [5.41, 5.74) is 5.88. The van der Waals surface area contributed by atoms with Gasteiger partial charge in [-0.2, -0.15) is 5.10 Å². The van der Waals surface area contributed by atoms with Crippen LogP contribution in [0, 0.1) is 5.41 Å². The molecule has 0 aliphatic heterocycles. The fraction of sp³-hybridized carbons (Fsp3) is 0.167. The summed E-state index contributed by atoms with van der Waals surface area (Å²) in [7, 11) is 0. The van der Waals surface area contributed by atoms with Crippen molar-refractivity contribution >= 4 is 17.4 Å². The van der Waals surface area contributed by atoms with Gasteiger partial charge in [-0.05, 0) is 19.1 Å². The van der Waals surface area contributed by atoms with Gasteiger partial charge in [0.05, 0.1) is 17.4 Å². The van der Waals surface area contributed by atoms with E-state index in [1.165, 1.54) is 0 Å². The number of aryl methyl sites for hydroxylation is 1. The van der Waals surface area contributed by atoms with Crippen LogP contribution in [-0.4, -0.2) is 15.6 Å². The minimum absolute atomic E-state index is 0.0645. The van der Waals surface area contributed by atoms with Crippen LogP contribution in [0.3, 0.4) is 0 Å². The second kappa shape index (κ2) is 5.10. The number of hydrogen-bond acceptors (Lipinski definition) is 3. The summed E-state index contributed by atoms with van der Waals surface area (Å²) in [6.45, 7) is 2.78. The minimum atomic E-state index is -0.0645. The third-order valence-corrected chi connectivity index (χ3v) is 2.71. The highest BCUT2D eigenvalue weighted by molar-refractivity contribution is 6.34. The van der Waals surface area contributed by atoms with Crippen LogP contribution in [0.4, 0.5) is 0 Å². The van der Waals surface area contributed by atoms with Gasteiger partial charge in [0.2, 0.25) is 0 Å². The van der Waals surface area contributed by atoms with Gasteiger partial charge in [-0.3, -0.25) is 10.1 Å². The third kappa shape index (κ3) is 2.62. The van der Waals surface area contributed by atoms with Gasteiger partial charge in [0.25, 0.3) is 0 Å². The molecule has 0 saturated carbocycles. The predicted molar refractivity (Wildman–Crippen MR) is 70.4 cm³/mol. The summed E-state index contributed by atoms with van der Waals surface area (Å²) < 4.78 is 7.36. The van der Waals surface area contributed by atoms with E-state index in [2.05, 4.69) is 5.10 Å². The van der Waals surface area contributed by atoms with E-state index in [0.29, 0.717) is 22.1 Å². The molecule has 5 nitrogen and oxygen atoms in total. The second-order valence-corrected chi connectivity index (χ2v) is 4.10. The number of nitrogens with zero attached hydrogens (tertiary/aromatic N) is 2. The summed E-state index contributed by atoms with van der Waals surface area (Å²) in [5, 5.41) is 11.8.